The maximum Gasteiger partial charge on any atom is 0.273 e. The van der Waals surface area contributed by atoms with Crippen molar-refractivity contribution < 1.29 is 14.8 Å². The van der Waals surface area contributed by atoms with Crippen LogP contribution in [0.25, 0.3) is 0 Å². The molecule has 0 aliphatic rings. The van der Waals surface area contributed by atoms with Gasteiger partial charge in [-0.1, -0.05) is 36.7 Å². The predicted molar refractivity (Wildman–Crippen MR) is 79.9 cm³/mol. The highest BCUT2D eigenvalue weighted by molar-refractivity contribution is 6.32. The van der Waals surface area contributed by atoms with Crippen molar-refractivity contribution in [3.05, 3.63) is 63.2 Å². The molecule has 2 aromatic carbocycles. The molecule has 0 aromatic heterocycles. The highest BCUT2D eigenvalue weighted by Gasteiger charge is 2.15. The average Bonchev–Trinajstić information content (AvgIpc) is 2.49. The minimum Gasteiger partial charge on any atom is -0.455 e. The van der Waals surface area contributed by atoms with Gasteiger partial charge in [0.1, 0.15) is 5.75 Å². The minimum absolute atomic E-state index is 0.108. The topological polar surface area (TPSA) is 72.6 Å². The van der Waals surface area contributed by atoms with Crippen molar-refractivity contribution >= 4 is 17.3 Å². The molecule has 0 saturated carbocycles. The number of benzene rings is 2. The van der Waals surface area contributed by atoms with E-state index in [9.17, 15) is 15.2 Å². The molecule has 5 nitrogen and oxygen atoms in total. The normalized spacial score (nSPS) is 12.0. The first-order valence-electron chi connectivity index (χ1n) is 6.41. The summed E-state index contributed by atoms with van der Waals surface area (Å²) in [7, 11) is 0. The Morgan fingerprint density at radius 3 is 2.67 bits per heavy atom. The second kappa shape index (κ2) is 6.56. The van der Waals surface area contributed by atoms with Gasteiger partial charge >= 0.3 is 0 Å². The van der Waals surface area contributed by atoms with Crippen LogP contribution in [0, 0.1) is 10.1 Å². The second-order valence-electron chi connectivity index (χ2n) is 4.44. The smallest absolute Gasteiger partial charge is 0.273 e. The third kappa shape index (κ3) is 3.51. The van der Waals surface area contributed by atoms with E-state index in [4.69, 9.17) is 16.3 Å². The lowest BCUT2D eigenvalue weighted by Crippen LogP contribution is -1.99. The van der Waals surface area contributed by atoms with Crippen LogP contribution >= 0.6 is 11.6 Å². The van der Waals surface area contributed by atoms with Crippen LogP contribution in [0.2, 0.25) is 5.02 Å². The molecule has 1 N–H and O–H groups in total. The largest absolute Gasteiger partial charge is 0.455 e. The molecule has 6 heteroatoms. The maximum atomic E-state index is 10.8. The first-order valence-corrected chi connectivity index (χ1v) is 6.79. The van der Waals surface area contributed by atoms with Gasteiger partial charge in [0.15, 0.2) is 5.75 Å². The number of nitro groups is 1. The summed E-state index contributed by atoms with van der Waals surface area (Å²) in [6.45, 7) is 1.85. The van der Waals surface area contributed by atoms with Gasteiger partial charge in [0.2, 0.25) is 0 Å². The van der Waals surface area contributed by atoms with Crippen LogP contribution in [-0.4, -0.2) is 10.0 Å². The van der Waals surface area contributed by atoms with Crippen LogP contribution in [0.3, 0.4) is 0 Å². The number of halogens is 1. The average molecular weight is 308 g/mol. The SMILES string of the molecule is CC[C@H](O)c1ccccc1Oc1cc([N+](=O)[O-])ccc1Cl. The summed E-state index contributed by atoms with van der Waals surface area (Å²) < 4.78 is 5.66. The molecule has 0 spiro atoms. The number of ether oxygens (including phenoxy) is 1. The minimum atomic E-state index is -0.668. The molecule has 0 amide bonds. The molecule has 0 unspecified atom stereocenters. The number of rotatable bonds is 5. The van der Waals surface area contributed by atoms with E-state index < -0.39 is 11.0 Å². The van der Waals surface area contributed by atoms with E-state index in [1.807, 2.05) is 6.92 Å². The lowest BCUT2D eigenvalue weighted by molar-refractivity contribution is -0.384. The van der Waals surface area contributed by atoms with Crippen LogP contribution in [0.4, 0.5) is 5.69 Å². The third-order valence-electron chi connectivity index (χ3n) is 3.01. The van der Waals surface area contributed by atoms with Crippen LogP contribution in [0.15, 0.2) is 42.5 Å². The molecule has 0 bridgehead atoms. The number of aliphatic hydroxyl groups excluding tert-OH is 1. The molecule has 2 rings (SSSR count). The van der Waals surface area contributed by atoms with E-state index in [0.717, 1.165) is 0 Å². The third-order valence-corrected chi connectivity index (χ3v) is 3.32. The van der Waals surface area contributed by atoms with E-state index in [0.29, 0.717) is 17.7 Å². The molecule has 110 valence electrons. The zero-order chi connectivity index (χ0) is 15.4. The lowest BCUT2D eigenvalue weighted by Gasteiger charge is -2.15. The molecule has 21 heavy (non-hydrogen) atoms. The summed E-state index contributed by atoms with van der Waals surface area (Å²) in [5.74, 6) is 0.607. The zero-order valence-corrected chi connectivity index (χ0v) is 12.1. The maximum absolute atomic E-state index is 10.8. The van der Waals surface area contributed by atoms with Crippen LogP contribution in [0.1, 0.15) is 25.0 Å². The Balaban J connectivity index is 2.38. The summed E-state index contributed by atoms with van der Waals surface area (Å²) in [5, 5.41) is 21.0. The van der Waals surface area contributed by atoms with Crippen molar-refractivity contribution in [2.75, 3.05) is 0 Å². The summed E-state index contributed by atoms with van der Waals surface area (Å²) in [4.78, 5) is 10.3. The number of hydrogen-bond donors (Lipinski definition) is 1. The highest BCUT2D eigenvalue weighted by atomic mass is 35.5. The van der Waals surface area contributed by atoms with E-state index >= 15 is 0 Å². The molecule has 0 fully saturated rings. The number of para-hydroxylation sites is 1. The Morgan fingerprint density at radius 1 is 1.29 bits per heavy atom. The van der Waals surface area contributed by atoms with Gasteiger partial charge in [-0.3, -0.25) is 10.1 Å². The van der Waals surface area contributed by atoms with Gasteiger partial charge < -0.3 is 9.84 Å². The zero-order valence-electron chi connectivity index (χ0n) is 11.3. The quantitative estimate of drug-likeness (QED) is 0.652. The Bertz CT molecular complexity index is 660. The molecule has 0 radical (unpaired) electrons. The van der Waals surface area contributed by atoms with Gasteiger partial charge in [0.05, 0.1) is 22.1 Å². The van der Waals surface area contributed by atoms with Gasteiger partial charge in [-0.25, -0.2) is 0 Å². The van der Waals surface area contributed by atoms with Crippen LogP contribution < -0.4 is 4.74 Å². The highest BCUT2D eigenvalue weighted by Crippen LogP contribution is 2.36. The van der Waals surface area contributed by atoms with Gasteiger partial charge in [0, 0.05) is 11.6 Å². The summed E-state index contributed by atoms with van der Waals surface area (Å²) >= 11 is 6.01. The van der Waals surface area contributed by atoms with Gasteiger partial charge in [-0.05, 0) is 18.6 Å². The molecule has 0 saturated heterocycles. The molecule has 2 aromatic rings. The number of aliphatic hydroxyl groups is 1. The van der Waals surface area contributed by atoms with Crippen molar-refractivity contribution in [3.63, 3.8) is 0 Å². The van der Waals surface area contributed by atoms with E-state index in [2.05, 4.69) is 0 Å². The Labute approximate surface area is 126 Å². The molecular formula is C15H14ClNO4. The van der Waals surface area contributed by atoms with Gasteiger partial charge in [0.25, 0.3) is 5.69 Å². The van der Waals surface area contributed by atoms with E-state index in [1.165, 1.54) is 18.2 Å². The van der Waals surface area contributed by atoms with Crippen molar-refractivity contribution in [1.29, 1.82) is 0 Å². The Morgan fingerprint density at radius 2 is 2.00 bits per heavy atom. The fraction of sp³-hybridized carbons (Fsp3) is 0.200. The van der Waals surface area contributed by atoms with E-state index in [1.54, 1.807) is 24.3 Å². The number of non-ortho nitro benzene ring substituents is 1. The van der Waals surface area contributed by atoms with Gasteiger partial charge in [-0.15, -0.1) is 0 Å². The van der Waals surface area contributed by atoms with Gasteiger partial charge in [-0.2, -0.15) is 0 Å². The van der Waals surface area contributed by atoms with Crippen LogP contribution in [0.5, 0.6) is 11.5 Å². The molecule has 0 aliphatic heterocycles. The Hall–Kier alpha value is -2.11. The standard InChI is InChI=1S/C15H14ClNO4/c1-2-13(18)11-5-3-4-6-14(11)21-15-9-10(17(19)20)7-8-12(15)16/h3-9,13,18H,2H2,1H3/t13-/m0/s1. The Kier molecular flexibility index (Phi) is 4.77. The molecule has 0 heterocycles. The predicted octanol–water partition coefficient (Wildman–Crippen LogP) is 4.48. The summed E-state index contributed by atoms with van der Waals surface area (Å²) in [6.07, 6.45) is -0.137. The molecular weight excluding hydrogens is 294 g/mol. The first-order chi connectivity index (χ1) is 10.0. The fourth-order valence-electron chi connectivity index (χ4n) is 1.87. The summed E-state index contributed by atoms with van der Waals surface area (Å²) in [5.41, 5.74) is 0.505. The second-order valence-corrected chi connectivity index (χ2v) is 4.84. The number of nitrogens with zero attached hydrogens (tertiary/aromatic N) is 1. The van der Waals surface area contributed by atoms with Crippen molar-refractivity contribution in [2.45, 2.75) is 19.4 Å². The van der Waals surface area contributed by atoms with Crippen LogP contribution in [-0.2, 0) is 0 Å². The summed E-state index contributed by atoms with van der Waals surface area (Å²) in [6, 6.07) is 11.0. The lowest BCUT2D eigenvalue weighted by atomic mass is 10.1. The first kappa shape index (κ1) is 15.3. The monoisotopic (exact) mass is 307 g/mol. The van der Waals surface area contributed by atoms with Crippen molar-refractivity contribution in [3.8, 4) is 11.5 Å². The fourth-order valence-corrected chi connectivity index (χ4v) is 2.03. The number of hydrogen-bond acceptors (Lipinski definition) is 4. The van der Waals surface area contributed by atoms with Crippen molar-refractivity contribution in [2.24, 2.45) is 0 Å². The van der Waals surface area contributed by atoms with E-state index in [-0.39, 0.29) is 16.5 Å². The molecule has 0 aliphatic carbocycles. The molecule has 1 atom stereocenters. The van der Waals surface area contributed by atoms with Crippen molar-refractivity contribution in [1.82, 2.24) is 0 Å². The number of nitro benzene ring substituents is 1.